The van der Waals surface area contributed by atoms with Crippen LogP contribution in [-0.2, 0) is 6.54 Å². The van der Waals surface area contributed by atoms with E-state index in [1.807, 2.05) is 41.9 Å². The summed E-state index contributed by atoms with van der Waals surface area (Å²) in [4.78, 5) is 13.4. The topological polar surface area (TPSA) is 72.9 Å². The van der Waals surface area contributed by atoms with Gasteiger partial charge in [-0.25, -0.2) is 8.78 Å². The maximum Gasteiger partial charge on any atom is 0.277 e. The molecule has 0 spiro atoms. The summed E-state index contributed by atoms with van der Waals surface area (Å²) in [6.07, 6.45) is 0. The van der Waals surface area contributed by atoms with Gasteiger partial charge in [-0.1, -0.05) is 30.3 Å². The minimum atomic E-state index is -3.10. The van der Waals surface area contributed by atoms with Crippen LogP contribution in [-0.4, -0.2) is 34.7 Å². The Kier molecular flexibility index (Phi) is 4.82. The van der Waals surface area contributed by atoms with E-state index in [1.54, 1.807) is 6.07 Å². The first-order valence-corrected chi connectivity index (χ1v) is 8.58. The number of carbonyl (C=O) groups is 1. The average molecular weight is 364 g/mol. The molecule has 132 valence electrons. The van der Waals surface area contributed by atoms with Gasteiger partial charge >= 0.3 is 0 Å². The summed E-state index contributed by atoms with van der Waals surface area (Å²) in [6, 6.07) is 11.5. The third-order valence-corrected chi connectivity index (χ3v) is 4.96. The van der Waals surface area contributed by atoms with Gasteiger partial charge in [-0.3, -0.25) is 9.48 Å². The number of aryl methyl sites for hydroxylation is 1. The van der Waals surface area contributed by atoms with Crippen molar-refractivity contribution in [3.8, 4) is 0 Å². The van der Waals surface area contributed by atoms with Crippen molar-refractivity contribution in [2.75, 3.05) is 13.1 Å². The molecule has 0 aliphatic heterocycles. The Morgan fingerprint density at radius 3 is 2.76 bits per heavy atom. The van der Waals surface area contributed by atoms with Crippen LogP contribution in [0.4, 0.5) is 8.78 Å². The van der Waals surface area contributed by atoms with Crippen molar-refractivity contribution in [1.82, 2.24) is 15.1 Å². The summed E-state index contributed by atoms with van der Waals surface area (Å²) >= 11 is 1.24. The Hall–Kier alpha value is -2.32. The van der Waals surface area contributed by atoms with Crippen LogP contribution >= 0.6 is 11.3 Å². The number of rotatable bonds is 6. The Labute approximate surface area is 147 Å². The molecular weight excluding hydrogens is 346 g/mol. The summed E-state index contributed by atoms with van der Waals surface area (Å²) in [7, 11) is 0. The molecule has 2 aromatic heterocycles. The second kappa shape index (κ2) is 6.89. The van der Waals surface area contributed by atoms with Crippen molar-refractivity contribution in [2.45, 2.75) is 19.4 Å². The molecule has 0 saturated carbocycles. The lowest BCUT2D eigenvalue weighted by atomic mass is 10.2. The molecule has 8 heteroatoms. The molecule has 0 aliphatic rings. The highest BCUT2D eigenvalue weighted by molar-refractivity contribution is 7.20. The van der Waals surface area contributed by atoms with Crippen molar-refractivity contribution < 1.29 is 13.6 Å². The van der Waals surface area contributed by atoms with Gasteiger partial charge in [0.15, 0.2) is 0 Å². The van der Waals surface area contributed by atoms with E-state index in [-0.39, 0.29) is 0 Å². The van der Waals surface area contributed by atoms with Crippen LogP contribution in [0.1, 0.15) is 20.9 Å². The molecule has 1 aromatic carbocycles. The fraction of sp³-hybridized carbons (Fsp3) is 0.294. The molecule has 0 radical (unpaired) electrons. The molecule has 0 saturated heterocycles. The zero-order valence-corrected chi connectivity index (χ0v) is 14.4. The number of benzene rings is 1. The molecular formula is C17H18F2N4OS. The van der Waals surface area contributed by atoms with Crippen molar-refractivity contribution >= 4 is 27.5 Å². The van der Waals surface area contributed by atoms with Gasteiger partial charge < -0.3 is 11.1 Å². The van der Waals surface area contributed by atoms with E-state index in [0.717, 1.165) is 21.5 Å². The van der Waals surface area contributed by atoms with Crippen LogP contribution in [0.3, 0.4) is 0 Å². The zero-order chi connectivity index (χ0) is 18.0. The van der Waals surface area contributed by atoms with Crippen LogP contribution < -0.4 is 11.1 Å². The van der Waals surface area contributed by atoms with Gasteiger partial charge in [0.05, 0.1) is 30.2 Å². The minimum Gasteiger partial charge on any atom is -0.345 e. The number of thiophene rings is 1. The Bertz CT molecular complexity index is 889. The number of amides is 1. The molecule has 0 bridgehead atoms. The number of alkyl halides is 2. The summed E-state index contributed by atoms with van der Waals surface area (Å²) in [5.41, 5.74) is 6.87. The molecule has 2 heterocycles. The molecule has 0 unspecified atom stereocenters. The number of carbonyl (C=O) groups excluding carboxylic acids is 1. The summed E-state index contributed by atoms with van der Waals surface area (Å²) in [5, 5.41) is 7.60. The van der Waals surface area contributed by atoms with E-state index in [0.29, 0.717) is 11.4 Å². The van der Waals surface area contributed by atoms with Gasteiger partial charge in [-0.05, 0) is 18.6 Å². The van der Waals surface area contributed by atoms with Gasteiger partial charge in [0.1, 0.15) is 4.83 Å². The highest BCUT2D eigenvalue weighted by Crippen LogP contribution is 2.29. The van der Waals surface area contributed by atoms with E-state index in [1.165, 1.54) is 11.3 Å². The molecule has 5 nitrogen and oxygen atoms in total. The van der Waals surface area contributed by atoms with Gasteiger partial charge in [-0.15, -0.1) is 11.3 Å². The number of nitrogens with two attached hydrogens (primary N) is 1. The largest absolute Gasteiger partial charge is 0.345 e. The normalized spacial score (nSPS) is 11.8. The number of nitrogens with one attached hydrogen (secondary N) is 1. The predicted octanol–water partition coefficient (Wildman–Crippen LogP) is 2.78. The quantitative estimate of drug-likeness (QED) is 0.706. The van der Waals surface area contributed by atoms with Crippen LogP contribution in [0.15, 0.2) is 36.4 Å². The fourth-order valence-electron chi connectivity index (χ4n) is 2.46. The Morgan fingerprint density at radius 1 is 1.36 bits per heavy atom. The van der Waals surface area contributed by atoms with Crippen molar-refractivity contribution in [2.24, 2.45) is 5.73 Å². The minimum absolute atomic E-state index is 0.380. The monoisotopic (exact) mass is 364 g/mol. The van der Waals surface area contributed by atoms with Crippen LogP contribution in [0, 0.1) is 6.92 Å². The molecule has 25 heavy (non-hydrogen) atoms. The van der Waals surface area contributed by atoms with Crippen LogP contribution in [0.5, 0.6) is 0 Å². The van der Waals surface area contributed by atoms with E-state index in [9.17, 15) is 13.6 Å². The van der Waals surface area contributed by atoms with Crippen LogP contribution in [0.25, 0.3) is 10.2 Å². The first kappa shape index (κ1) is 17.5. The maximum absolute atomic E-state index is 13.2. The molecule has 0 atom stereocenters. The van der Waals surface area contributed by atoms with E-state index in [4.69, 9.17) is 5.73 Å². The molecule has 1 amide bonds. The average Bonchev–Trinajstić information content (AvgIpc) is 3.16. The number of aromatic nitrogens is 2. The molecule has 3 aromatic rings. The third-order valence-electron chi connectivity index (χ3n) is 3.81. The lowest BCUT2D eigenvalue weighted by Gasteiger charge is -2.13. The number of nitrogens with zero attached hydrogens (tertiary/aromatic N) is 2. The number of halogens is 2. The molecule has 3 rings (SSSR count). The Balaban J connectivity index is 1.82. The Morgan fingerprint density at radius 2 is 2.08 bits per heavy atom. The highest BCUT2D eigenvalue weighted by atomic mass is 32.1. The molecule has 0 aliphatic carbocycles. The zero-order valence-electron chi connectivity index (χ0n) is 13.6. The number of hydrogen-bond acceptors (Lipinski definition) is 4. The summed E-state index contributed by atoms with van der Waals surface area (Å²) < 4.78 is 28.2. The van der Waals surface area contributed by atoms with Crippen molar-refractivity contribution in [1.29, 1.82) is 0 Å². The summed E-state index contributed by atoms with van der Waals surface area (Å²) in [6.45, 7) is 0.870. The van der Waals surface area contributed by atoms with E-state index < -0.39 is 24.9 Å². The van der Waals surface area contributed by atoms with Gasteiger partial charge in [0.25, 0.3) is 11.8 Å². The van der Waals surface area contributed by atoms with E-state index in [2.05, 4.69) is 10.4 Å². The smallest absolute Gasteiger partial charge is 0.277 e. The van der Waals surface area contributed by atoms with Crippen molar-refractivity contribution in [3.05, 3.63) is 52.5 Å². The highest BCUT2D eigenvalue weighted by Gasteiger charge is 2.28. The molecule has 3 N–H and O–H groups in total. The predicted molar refractivity (Wildman–Crippen MR) is 94.2 cm³/mol. The molecule has 0 fully saturated rings. The number of fused-ring (bicyclic) bond motifs is 1. The number of hydrogen-bond donors (Lipinski definition) is 2. The fourth-order valence-corrected chi connectivity index (χ4v) is 3.53. The van der Waals surface area contributed by atoms with Crippen molar-refractivity contribution in [3.63, 3.8) is 0 Å². The maximum atomic E-state index is 13.2. The third kappa shape index (κ3) is 3.85. The second-order valence-electron chi connectivity index (χ2n) is 5.80. The van der Waals surface area contributed by atoms with E-state index >= 15 is 0 Å². The van der Waals surface area contributed by atoms with Gasteiger partial charge in [-0.2, -0.15) is 5.10 Å². The SMILES string of the molecule is Cc1nn(Cc2ccccc2)c2sc(C(=O)NCC(F)(F)CN)cc12. The standard InChI is InChI=1S/C17H18F2N4OS/c1-11-13-7-14(15(24)21-10-17(18,19)9-20)25-16(13)23(22-11)8-12-5-3-2-4-6-12/h2-7H,8-10,20H2,1H3,(H,21,24). The van der Waals surface area contributed by atoms with Crippen LogP contribution in [0.2, 0.25) is 0 Å². The lowest BCUT2D eigenvalue weighted by molar-refractivity contribution is 0.0119. The van der Waals surface area contributed by atoms with Gasteiger partial charge in [0.2, 0.25) is 0 Å². The first-order valence-electron chi connectivity index (χ1n) is 7.76. The first-order chi connectivity index (χ1) is 11.9. The van der Waals surface area contributed by atoms with Gasteiger partial charge in [0, 0.05) is 5.39 Å². The summed E-state index contributed by atoms with van der Waals surface area (Å²) in [5.74, 6) is -3.63. The lowest BCUT2D eigenvalue weighted by Crippen LogP contribution is -2.41. The second-order valence-corrected chi connectivity index (χ2v) is 6.83.